The average Bonchev–Trinajstić information content (AvgIpc) is 2.66. The summed E-state index contributed by atoms with van der Waals surface area (Å²) in [6, 6.07) is 16.8. The highest BCUT2D eigenvalue weighted by Crippen LogP contribution is 2.22. The molecular formula is C20H24N2O4. The molecule has 0 saturated carbocycles. The highest BCUT2D eigenvalue weighted by atomic mass is 16.5. The van der Waals surface area contributed by atoms with E-state index in [2.05, 4.69) is 5.32 Å². The zero-order valence-electron chi connectivity index (χ0n) is 14.6. The zero-order chi connectivity index (χ0) is 18.6. The molecule has 0 aliphatic heterocycles. The van der Waals surface area contributed by atoms with Gasteiger partial charge in [0.05, 0.1) is 0 Å². The lowest BCUT2D eigenvalue weighted by Crippen LogP contribution is -2.17. The van der Waals surface area contributed by atoms with Crippen LogP contribution in [0.4, 0.5) is 5.69 Å². The Morgan fingerprint density at radius 2 is 1.35 bits per heavy atom. The molecular weight excluding hydrogens is 332 g/mol. The maximum Gasteiger partial charge on any atom is 0.243 e. The summed E-state index contributed by atoms with van der Waals surface area (Å²) >= 11 is 0. The number of carbonyl (C=O) groups excluding carboxylic acids is 2. The Bertz CT molecular complexity index is 687. The van der Waals surface area contributed by atoms with E-state index in [9.17, 15) is 9.59 Å². The molecule has 0 aromatic heterocycles. The maximum absolute atomic E-state index is 11.9. The summed E-state index contributed by atoms with van der Waals surface area (Å²) in [5, 5.41) is 11.2. The average molecular weight is 356 g/mol. The van der Waals surface area contributed by atoms with Crippen LogP contribution in [0.1, 0.15) is 38.5 Å². The molecule has 6 nitrogen and oxygen atoms in total. The Morgan fingerprint density at radius 3 is 1.96 bits per heavy atom. The molecule has 2 aromatic carbocycles. The van der Waals surface area contributed by atoms with E-state index in [1.54, 1.807) is 5.48 Å². The van der Waals surface area contributed by atoms with Gasteiger partial charge in [0.1, 0.15) is 11.5 Å². The van der Waals surface area contributed by atoms with Gasteiger partial charge in [-0.1, -0.05) is 31.0 Å². The Balaban J connectivity index is 1.65. The third-order valence-electron chi connectivity index (χ3n) is 3.80. The topological polar surface area (TPSA) is 87.7 Å². The summed E-state index contributed by atoms with van der Waals surface area (Å²) in [5.74, 6) is 1.07. The van der Waals surface area contributed by atoms with Crippen LogP contribution < -0.4 is 15.5 Å². The van der Waals surface area contributed by atoms with Crippen LogP contribution in [0.25, 0.3) is 0 Å². The Labute approximate surface area is 153 Å². The van der Waals surface area contributed by atoms with Crippen molar-refractivity contribution in [3.63, 3.8) is 0 Å². The van der Waals surface area contributed by atoms with Gasteiger partial charge in [0, 0.05) is 18.5 Å². The molecule has 0 saturated heterocycles. The van der Waals surface area contributed by atoms with Crippen molar-refractivity contribution in [1.82, 2.24) is 5.48 Å². The standard InChI is InChI=1S/C20H24N2O4/c23-19(10-6-1-2-7-11-20(24)22-25)21-16-12-14-18(15-13-16)26-17-8-4-3-5-9-17/h3-5,8-9,12-15,25H,1-2,6-7,10-11H2,(H,21,23)(H,22,24). The van der Waals surface area contributed by atoms with E-state index in [0.717, 1.165) is 30.7 Å². The smallest absolute Gasteiger partial charge is 0.243 e. The van der Waals surface area contributed by atoms with Crippen molar-refractivity contribution in [1.29, 1.82) is 0 Å². The highest BCUT2D eigenvalue weighted by molar-refractivity contribution is 5.90. The number of unbranched alkanes of at least 4 members (excludes halogenated alkanes) is 3. The number of rotatable bonds is 10. The number of amides is 2. The van der Waals surface area contributed by atoms with E-state index < -0.39 is 0 Å². The molecule has 0 radical (unpaired) electrons. The van der Waals surface area contributed by atoms with E-state index in [0.29, 0.717) is 25.0 Å². The van der Waals surface area contributed by atoms with Crippen LogP contribution >= 0.6 is 0 Å². The lowest BCUT2D eigenvalue weighted by atomic mass is 10.1. The molecule has 2 amide bonds. The van der Waals surface area contributed by atoms with Crippen molar-refractivity contribution in [3.05, 3.63) is 54.6 Å². The first-order valence-electron chi connectivity index (χ1n) is 8.73. The second-order valence-corrected chi connectivity index (χ2v) is 5.94. The number of benzene rings is 2. The van der Waals surface area contributed by atoms with Gasteiger partial charge in [0.2, 0.25) is 11.8 Å². The minimum Gasteiger partial charge on any atom is -0.457 e. The number of hydroxylamine groups is 1. The van der Waals surface area contributed by atoms with Crippen molar-refractivity contribution in [3.8, 4) is 11.5 Å². The fourth-order valence-corrected chi connectivity index (χ4v) is 2.43. The number of ether oxygens (including phenoxy) is 1. The van der Waals surface area contributed by atoms with Gasteiger partial charge in [-0.05, 0) is 49.2 Å². The van der Waals surface area contributed by atoms with Gasteiger partial charge in [-0.2, -0.15) is 0 Å². The molecule has 6 heteroatoms. The second-order valence-electron chi connectivity index (χ2n) is 5.94. The third-order valence-corrected chi connectivity index (χ3v) is 3.80. The van der Waals surface area contributed by atoms with Gasteiger partial charge in [0.25, 0.3) is 0 Å². The monoisotopic (exact) mass is 356 g/mol. The van der Waals surface area contributed by atoms with Crippen molar-refractivity contribution in [2.24, 2.45) is 0 Å². The summed E-state index contributed by atoms with van der Waals surface area (Å²) < 4.78 is 5.71. The van der Waals surface area contributed by atoms with Crippen molar-refractivity contribution >= 4 is 17.5 Å². The summed E-state index contributed by atoms with van der Waals surface area (Å²) in [6.45, 7) is 0. The predicted molar refractivity (Wildman–Crippen MR) is 99.2 cm³/mol. The molecule has 0 bridgehead atoms. The SMILES string of the molecule is O=C(CCCCCCC(=O)Nc1ccc(Oc2ccccc2)cc1)NO. The minimum absolute atomic E-state index is 0.0326. The van der Waals surface area contributed by atoms with E-state index in [1.807, 2.05) is 54.6 Å². The Hall–Kier alpha value is -2.86. The second kappa shape index (κ2) is 10.9. The first-order valence-corrected chi connectivity index (χ1v) is 8.73. The number of hydrogen-bond donors (Lipinski definition) is 3. The number of nitrogens with one attached hydrogen (secondary N) is 2. The van der Waals surface area contributed by atoms with Crippen LogP contribution in [0, 0.1) is 0 Å². The maximum atomic E-state index is 11.9. The Kier molecular flexibility index (Phi) is 8.15. The molecule has 0 atom stereocenters. The lowest BCUT2D eigenvalue weighted by molar-refractivity contribution is -0.129. The fraction of sp³-hybridized carbons (Fsp3) is 0.300. The number of para-hydroxylation sites is 1. The normalized spacial score (nSPS) is 10.2. The van der Waals surface area contributed by atoms with Crippen LogP contribution in [-0.4, -0.2) is 17.0 Å². The summed E-state index contributed by atoms with van der Waals surface area (Å²) in [4.78, 5) is 22.8. The van der Waals surface area contributed by atoms with Gasteiger partial charge in [-0.15, -0.1) is 0 Å². The van der Waals surface area contributed by atoms with E-state index in [1.165, 1.54) is 0 Å². The molecule has 0 aliphatic rings. The van der Waals surface area contributed by atoms with Gasteiger partial charge in [-0.25, -0.2) is 5.48 Å². The molecule has 3 N–H and O–H groups in total. The molecule has 0 spiro atoms. The van der Waals surface area contributed by atoms with Gasteiger partial charge >= 0.3 is 0 Å². The molecule has 26 heavy (non-hydrogen) atoms. The van der Waals surface area contributed by atoms with Gasteiger partial charge in [-0.3, -0.25) is 14.8 Å². The lowest BCUT2D eigenvalue weighted by Gasteiger charge is -2.08. The molecule has 2 rings (SSSR count). The summed E-state index contributed by atoms with van der Waals surface area (Å²) in [5.41, 5.74) is 2.34. The van der Waals surface area contributed by atoms with Crippen molar-refractivity contribution < 1.29 is 19.5 Å². The molecule has 0 unspecified atom stereocenters. The molecule has 0 heterocycles. The van der Waals surface area contributed by atoms with E-state index in [4.69, 9.17) is 9.94 Å². The summed E-state index contributed by atoms with van der Waals surface area (Å²) in [7, 11) is 0. The largest absolute Gasteiger partial charge is 0.457 e. The fourth-order valence-electron chi connectivity index (χ4n) is 2.43. The molecule has 2 aromatic rings. The van der Waals surface area contributed by atoms with Gasteiger partial charge < -0.3 is 10.1 Å². The van der Waals surface area contributed by atoms with E-state index >= 15 is 0 Å². The molecule has 0 aliphatic carbocycles. The number of hydrogen-bond acceptors (Lipinski definition) is 4. The molecule has 0 fully saturated rings. The first kappa shape index (κ1) is 19.5. The highest BCUT2D eigenvalue weighted by Gasteiger charge is 2.04. The van der Waals surface area contributed by atoms with Crippen molar-refractivity contribution in [2.45, 2.75) is 38.5 Å². The quantitative estimate of drug-likeness (QED) is 0.337. The number of anilines is 1. The molecule has 138 valence electrons. The van der Waals surface area contributed by atoms with Crippen LogP contribution in [0.5, 0.6) is 11.5 Å². The van der Waals surface area contributed by atoms with Crippen LogP contribution in [-0.2, 0) is 9.59 Å². The predicted octanol–water partition coefficient (Wildman–Crippen LogP) is 4.26. The van der Waals surface area contributed by atoms with E-state index in [-0.39, 0.29) is 11.8 Å². The summed E-state index contributed by atoms with van der Waals surface area (Å²) in [6.07, 6.45) is 3.94. The zero-order valence-corrected chi connectivity index (χ0v) is 14.6. The van der Waals surface area contributed by atoms with Crippen LogP contribution in [0.15, 0.2) is 54.6 Å². The van der Waals surface area contributed by atoms with Gasteiger partial charge in [0.15, 0.2) is 0 Å². The number of carbonyl (C=O) groups is 2. The van der Waals surface area contributed by atoms with Crippen LogP contribution in [0.2, 0.25) is 0 Å². The van der Waals surface area contributed by atoms with Crippen LogP contribution in [0.3, 0.4) is 0 Å². The first-order chi connectivity index (χ1) is 12.7. The van der Waals surface area contributed by atoms with Crippen molar-refractivity contribution in [2.75, 3.05) is 5.32 Å². The minimum atomic E-state index is -0.373. The third kappa shape index (κ3) is 7.36. The Morgan fingerprint density at radius 1 is 0.769 bits per heavy atom.